The van der Waals surface area contributed by atoms with E-state index in [0.29, 0.717) is 16.3 Å². The van der Waals surface area contributed by atoms with Gasteiger partial charge < -0.3 is 10.2 Å². The molecule has 0 fully saturated rings. The van der Waals surface area contributed by atoms with Crippen LogP contribution in [0.15, 0.2) is 83.8 Å². The lowest BCUT2D eigenvalue weighted by atomic mass is 10.1. The van der Waals surface area contributed by atoms with Gasteiger partial charge in [-0.1, -0.05) is 67.1 Å². The first-order valence-corrected chi connectivity index (χ1v) is 14.3. The molecule has 7 nitrogen and oxygen atoms in total. The van der Waals surface area contributed by atoms with E-state index in [1.807, 2.05) is 19.9 Å². The number of carbonyl (C=O) groups is 2. The summed E-state index contributed by atoms with van der Waals surface area (Å²) in [5.41, 5.74) is 1.82. The number of halogens is 1. The van der Waals surface area contributed by atoms with Crippen LogP contribution in [0, 0.1) is 6.92 Å². The lowest BCUT2D eigenvalue weighted by Crippen LogP contribution is -2.52. The van der Waals surface area contributed by atoms with Gasteiger partial charge in [-0.2, -0.15) is 0 Å². The summed E-state index contributed by atoms with van der Waals surface area (Å²) in [5.74, 6) is -0.831. The number of sulfonamides is 1. The van der Waals surface area contributed by atoms with Crippen LogP contribution in [0.25, 0.3) is 0 Å². The van der Waals surface area contributed by atoms with E-state index in [0.717, 1.165) is 16.3 Å². The van der Waals surface area contributed by atoms with E-state index in [9.17, 15) is 18.0 Å². The average molecular weight is 556 g/mol. The highest BCUT2D eigenvalue weighted by Crippen LogP contribution is 2.27. The zero-order chi connectivity index (χ0) is 27.9. The van der Waals surface area contributed by atoms with Crippen molar-refractivity contribution in [1.82, 2.24) is 10.2 Å². The Kier molecular flexibility index (Phi) is 9.94. The highest BCUT2D eigenvalue weighted by atomic mass is 35.5. The molecule has 0 aromatic heterocycles. The fourth-order valence-corrected chi connectivity index (χ4v) is 5.67. The Balaban J connectivity index is 2.03. The van der Waals surface area contributed by atoms with Crippen molar-refractivity contribution in [2.24, 2.45) is 0 Å². The molecule has 0 bridgehead atoms. The van der Waals surface area contributed by atoms with Gasteiger partial charge in [0.05, 0.1) is 10.6 Å². The fraction of sp³-hybridized carbons (Fsp3) is 0.310. The number of anilines is 1. The Morgan fingerprint density at radius 1 is 0.947 bits per heavy atom. The van der Waals surface area contributed by atoms with Crippen molar-refractivity contribution in [3.63, 3.8) is 0 Å². The molecular weight excluding hydrogens is 522 g/mol. The molecule has 38 heavy (non-hydrogen) atoms. The van der Waals surface area contributed by atoms with Crippen molar-refractivity contribution in [1.29, 1.82) is 0 Å². The lowest BCUT2D eigenvalue weighted by molar-refractivity contribution is -0.139. The first-order valence-electron chi connectivity index (χ1n) is 12.5. The normalized spacial score (nSPS) is 12.9. The van der Waals surface area contributed by atoms with Crippen molar-refractivity contribution < 1.29 is 18.0 Å². The van der Waals surface area contributed by atoms with Crippen LogP contribution in [0.3, 0.4) is 0 Å². The number of hydrogen-bond donors (Lipinski definition) is 1. The summed E-state index contributed by atoms with van der Waals surface area (Å²) in [7, 11) is -4.09. The molecule has 202 valence electrons. The summed E-state index contributed by atoms with van der Waals surface area (Å²) in [6.45, 7) is 6.88. The number of nitrogens with one attached hydrogen (secondary N) is 1. The van der Waals surface area contributed by atoms with Gasteiger partial charge in [0.15, 0.2) is 0 Å². The molecule has 2 amide bonds. The monoisotopic (exact) mass is 555 g/mol. The first kappa shape index (κ1) is 29.2. The van der Waals surface area contributed by atoms with Crippen LogP contribution in [0.4, 0.5) is 5.69 Å². The quantitative estimate of drug-likeness (QED) is 0.353. The van der Waals surface area contributed by atoms with Crippen LogP contribution < -0.4 is 9.62 Å². The topological polar surface area (TPSA) is 86.8 Å². The maximum Gasteiger partial charge on any atom is 0.264 e. The smallest absolute Gasteiger partial charge is 0.264 e. The van der Waals surface area contributed by atoms with Gasteiger partial charge in [0.2, 0.25) is 11.8 Å². The van der Waals surface area contributed by atoms with E-state index in [1.54, 1.807) is 74.5 Å². The molecule has 0 aliphatic rings. The molecule has 9 heteroatoms. The second kappa shape index (κ2) is 12.9. The number of rotatable bonds is 11. The number of para-hydroxylation sites is 1. The molecule has 0 heterocycles. The van der Waals surface area contributed by atoms with E-state index in [4.69, 9.17) is 11.6 Å². The van der Waals surface area contributed by atoms with Crippen molar-refractivity contribution in [3.05, 3.63) is 95.0 Å². The van der Waals surface area contributed by atoms with Crippen LogP contribution in [-0.4, -0.2) is 43.8 Å². The van der Waals surface area contributed by atoms with Crippen LogP contribution >= 0.6 is 11.6 Å². The third-order valence-electron chi connectivity index (χ3n) is 6.40. The zero-order valence-electron chi connectivity index (χ0n) is 22.1. The van der Waals surface area contributed by atoms with Gasteiger partial charge in [0.25, 0.3) is 10.0 Å². The standard InChI is InChI=1S/C29H34ClN3O4S/c1-5-22(3)31-29(35)23(4)32(19-24-13-11-14-25(30)18-24)28(34)20-33(27-17-10-9-12-21(27)2)38(36,37)26-15-7-6-8-16-26/h6-18,22-23H,5,19-20H2,1-4H3,(H,31,35)/t22-,23+/m1/s1. The minimum absolute atomic E-state index is 0.0695. The number of carbonyl (C=O) groups excluding carboxylic acids is 2. The van der Waals surface area contributed by atoms with Gasteiger partial charge in [-0.15, -0.1) is 0 Å². The number of aryl methyl sites for hydroxylation is 1. The molecular formula is C29H34ClN3O4S. The minimum atomic E-state index is -4.09. The number of hydrogen-bond acceptors (Lipinski definition) is 4. The Morgan fingerprint density at radius 2 is 1.61 bits per heavy atom. The van der Waals surface area contributed by atoms with E-state index < -0.39 is 28.5 Å². The van der Waals surface area contributed by atoms with Crippen molar-refractivity contribution in [2.45, 2.75) is 57.6 Å². The van der Waals surface area contributed by atoms with Gasteiger partial charge in [0.1, 0.15) is 12.6 Å². The fourth-order valence-electron chi connectivity index (χ4n) is 3.96. The Hall–Kier alpha value is -3.36. The highest BCUT2D eigenvalue weighted by Gasteiger charge is 2.33. The third-order valence-corrected chi connectivity index (χ3v) is 8.41. The summed E-state index contributed by atoms with van der Waals surface area (Å²) in [6, 6.07) is 21.1. The summed E-state index contributed by atoms with van der Waals surface area (Å²) < 4.78 is 28.7. The predicted molar refractivity (Wildman–Crippen MR) is 152 cm³/mol. The Bertz CT molecular complexity index is 1370. The van der Waals surface area contributed by atoms with Gasteiger partial charge in [-0.25, -0.2) is 8.42 Å². The van der Waals surface area contributed by atoms with Gasteiger partial charge in [-0.3, -0.25) is 13.9 Å². The third kappa shape index (κ3) is 7.14. The molecule has 0 spiro atoms. The summed E-state index contributed by atoms with van der Waals surface area (Å²) in [4.78, 5) is 28.5. The van der Waals surface area contributed by atoms with Crippen LogP contribution in [-0.2, 0) is 26.2 Å². The molecule has 0 saturated heterocycles. The average Bonchev–Trinajstić information content (AvgIpc) is 2.90. The van der Waals surface area contributed by atoms with Gasteiger partial charge >= 0.3 is 0 Å². The van der Waals surface area contributed by atoms with E-state index in [-0.39, 0.29) is 23.4 Å². The largest absolute Gasteiger partial charge is 0.352 e. The lowest BCUT2D eigenvalue weighted by Gasteiger charge is -2.33. The summed E-state index contributed by atoms with van der Waals surface area (Å²) in [6.07, 6.45) is 0.733. The molecule has 3 rings (SSSR count). The van der Waals surface area contributed by atoms with Gasteiger partial charge in [0, 0.05) is 17.6 Å². The maximum absolute atomic E-state index is 13.9. The van der Waals surface area contributed by atoms with Crippen LogP contribution in [0.5, 0.6) is 0 Å². The van der Waals surface area contributed by atoms with E-state index >= 15 is 0 Å². The summed E-state index contributed by atoms with van der Waals surface area (Å²) >= 11 is 6.18. The van der Waals surface area contributed by atoms with Crippen molar-refractivity contribution in [2.75, 3.05) is 10.8 Å². The maximum atomic E-state index is 13.9. The molecule has 3 aromatic carbocycles. The van der Waals surface area contributed by atoms with Gasteiger partial charge in [-0.05, 0) is 68.7 Å². The van der Waals surface area contributed by atoms with E-state index in [2.05, 4.69) is 5.32 Å². The number of nitrogens with zero attached hydrogens (tertiary/aromatic N) is 2. The van der Waals surface area contributed by atoms with Crippen LogP contribution in [0.2, 0.25) is 5.02 Å². The zero-order valence-corrected chi connectivity index (χ0v) is 23.7. The van der Waals surface area contributed by atoms with Crippen molar-refractivity contribution in [3.8, 4) is 0 Å². The second-order valence-corrected chi connectivity index (χ2v) is 11.6. The number of benzene rings is 3. The molecule has 0 aliphatic carbocycles. The summed E-state index contributed by atoms with van der Waals surface area (Å²) in [5, 5.41) is 3.42. The first-order chi connectivity index (χ1) is 18.0. The molecule has 3 aromatic rings. The van der Waals surface area contributed by atoms with E-state index in [1.165, 1.54) is 17.0 Å². The molecule has 2 atom stereocenters. The second-order valence-electron chi connectivity index (χ2n) is 9.26. The molecule has 0 saturated carbocycles. The molecule has 0 unspecified atom stereocenters. The minimum Gasteiger partial charge on any atom is -0.352 e. The molecule has 0 radical (unpaired) electrons. The Morgan fingerprint density at radius 3 is 2.24 bits per heavy atom. The Labute approximate surface area is 230 Å². The SMILES string of the molecule is CC[C@@H](C)NC(=O)[C@H](C)N(Cc1cccc(Cl)c1)C(=O)CN(c1ccccc1C)S(=O)(=O)c1ccccc1. The van der Waals surface area contributed by atoms with Crippen molar-refractivity contribution >= 4 is 39.1 Å². The highest BCUT2D eigenvalue weighted by molar-refractivity contribution is 7.92. The molecule has 1 N–H and O–H groups in total. The predicted octanol–water partition coefficient (Wildman–Crippen LogP) is 5.18. The van der Waals surface area contributed by atoms with Crippen LogP contribution in [0.1, 0.15) is 38.3 Å². The number of amides is 2. The molecule has 0 aliphatic heterocycles.